The predicted octanol–water partition coefficient (Wildman–Crippen LogP) is 1.04. The number of carbonyl (C=O) groups is 1. The quantitative estimate of drug-likeness (QED) is 0.634. The fraction of sp³-hybridized carbons (Fsp3) is 0.600. The molecular weight excluding hydrogens is 252 g/mol. The van der Waals surface area contributed by atoms with Gasteiger partial charge in [0.1, 0.15) is 5.71 Å². The molecule has 2 aliphatic rings. The molecule has 1 heterocycles. The van der Waals surface area contributed by atoms with Crippen molar-refractivity contribution in [2.24, 2.45) is 0 Å². The van der Waals surface area contributed by atoms with E-state index >= 15 is 0 Å². The average molecular weight is 276 g/mol. The zero-order chi connectivity index (χ0) is 14.5. The monoisotopic (exact) mass is 276 g/mol. The van der Waals surface area contributed by atoms with E-state index in [-0.39, 0.29) is 11.5 Å². The molecule has 0 aromatic rings. The summed E-state index contributed by atoms with van der Waals surface area (Å²) >= 11 is 0. The average Bonchev–Trinajstić information content (AvgIpc) is 2.93. The zero-order valence-corrected chi connectivity index (χ0v) is 12.2. The second-order valence-electron chi connectivity index (χ2n) is 5.40. The molecule has 0 spiro atoms. The number of hydrogen-bond donors (Lipinski definition) is 3. The van der Waals surface area contributed by atoms with E-state index in [1.54, 1.807) is 0 Å². The molecule has 0 radical (unpaired) electrons. The molecule has 1 aliphatic heterocycles. The van der Waals surface area contributed by atoms with E-state index in [9.17, 15) is 4.79 Å². The highest BCUT2D eigenvalue weighted by atomic mass is 16.1. The van der Waals surface area contributed by atoms with Gasteiger partial charge in [-0.3, -0.25) is 10.2 Å². The summed E-state index contributed by atoms with van der Waals surface area (Å²) in [5, 5.41) is 14.6. The second kappa shape index (κ2) is 6.70. The van der Waals surface area contributed by atoms with Crippen LogP contribution in [0.15, 0.2) is 23.5 Å². The minimum Gasteiger partial charge on any atom is -0.383 e. The van der Waals surface area contributed by atoms with Crippen LogP contribution in [0, 0.1) is 5.41 Å². The summed E-state index contributed by atoms with van der Waals surface area (Å²) in [4.78, 5) is 13.6. The number of nitrogens with zero attached hydrogens (tertiary/aromatic N) is 1. The summed E-state index contributed by atoms with van der Waals surface area (Å²) in [5.41, 5.74) is 3.20. The fourth-order valence-corrected chi connectivity index (χ4v) is 2.73. The van der Waals surface area contributed by atoms with Crippen LogP contribution >= 0.6 is 0 Å². The zero-order valence-electron chi connectivity index (χ0n) is 12.2. The highest BCUT2D eigenvalue weighted by Gasteiger charge is 2.21. The van der Waals surface area contributed by atoms with Crippen molar-refractivity contribution < 1.29 is 4.79 Å². The number of rotatable bonds is 6. The van der Waals surface area contributed by atoms with Gasteiger partial charge < -0.3 is 15.5 Å². The van der Waals surface area contributed by atoms with Gasteiger partial charge in [0.25, 0.3) is 0 Å². The highest BCUT2D eigenvalue weighted by molar-refractivity contribution is 6.44. The van der Waals surface area contributed by atoms with E-state index in [0.717, 1.165) is 62.4 Å². The van der Waals surface area contributed by atoms with Gasteiger partial charge in [-0.25, -0.2) is 0 Å². The van der Waals surface area contributed by atoms with Crippen LogP contribution in [-0.2, 0) is 4.79 Å². The summed E-state index contributed by atoms with van der Waals surface area (Å²) in [5.74, 6) is -0.151. The summed E-state index contributed by atoms with van der Waals surface area (Å²) in [6.07, 6.45) is 2.79. The number of hydrogen-bond acceptors (Lipinski definition) is 5. The SMILES string of the molecule is C=C(CNC1=C(C(=N)C(C)=O)CCC1)N1CCNCC1. The first-order chi connectivity index (χ1) is 9.59. The lowest BCUT2D eigenvalue weighted by Gasteiger charge is -2.31. The molecule has 0 amide bonds. The Hall–Kier alpha value is -1.62. The largest absolute Gasteiger partial charge is 0.383 e. The Bertz CT molecular complexity index is 447. The number of allylic oxidation sites excluding steroid dienone is 2. The molecule has 110 valence electrons. The maximum absolute atomic E-state index is 11.3. The van der Waals surface area contributed by atoms with Gasteiger partial charge in [0.2, 0.25) is 0 Å². The van der Waals surface area contributed by atoms with Gasteiger partial charge in [-0.1, -0.05) is 6.58 Å². The molecule has 1 saturated heterocycles. The van der Waals surface area contributed by atoms with Gasteiger partial charge in [-0.15, -0.1) is 0 Å². The van der Waals surface area contributed by atoms with Crippen LogP contribution in [0.25, 0.3) is 0 Å². The molecule has 0 atom stereocenters. The lowest BCUT2D eigenvalue weighted by molar-refractivity contribution is -0.111. The normalized spacial score (nSPS) is 19.1. The summed E-state index contributed by atoms with van der Waals surface area (Å²) < 4.78 is 0. The van der Waals surface area contributed by atoms with Crippen LogP contribution in [0.3, 0.4) is 0 Å². The number of nitrogens with one attached hydrogen (secondary N) is 3. The standard InChI is InChI=1S/C15H24N4O/c1-11(19-8-6-17-7-9-19)10-18-14-5-3-4-13(14)15(16)12(2)20/h16-18H,1,3-10H2,2H3. The first-order valence-electron chi connectivity index (χ1n) is 7.29. The summed E-state index contributed by atoms with van der Waals surface area (Å²) in [6, 6.07) is 0. The van der Waals surface area contributed by atoms with E-state index in [1.807, 2.05) is 0 Å². The van der Waals surface area contributed by atoms with Crippen LogP contribution in [0.5, 0.6) is 0 Å². The first kappa shape index (κ1) is 14.8. The van der Waals surface area contributed by atoms with Crippen molar-refractivity contribution in [2.75, 3.05) is 32.7 Å². The third-order valence-corrected chi connectivity index (χ3v) is 3.94. The smallest absolute Gasteiger partial charge is 0.177 e. The van der Waals surface area contributed by atoms with Crippen LogP contribution in [0.2, 0.25) is 0 Å². The molecular formula is C15H24N4O. The van der Waals surface area contributed by atoms with Crippen molar-refractivity contribution in [3.8, 4) is 0 Å². The maximum Gasteiger partial charge on any atom is 0.177 e. The minimum absolute atomic E-state index is 0.151. The molecule has 20 heavy (non-hydrogen) atoms. The molecule has 1 fully saturated rings. The van der Waals surface area contributed by atoms with E-state index in [4.69, 9.17) is 5.41 Å². The Morgan fingerprint density at radius 3 is 2.75 bits per heavy atom. The lowest BCUT2D eigenvalue weighted by atomic mass is 10.1. The van der Waals surface area contributed by atoms with Crippen molar-refractivity contribution in [1.29, 1.82) is 5.41 Å². The van der Waals surface area contributed by atoms with Gasteiger partial charge in [0.05, 0.1) is 6.54 Å². The Morgan fingerprint density at radius 2 is 2.10 bits per heavy atom. The van der Waals surface area contributed by atoms with Crippen LogP contribution < -0.4 is 10.6 Å². The van der Waals surface area contributed by atoms with E-state index in [0.29, 0.717) is 6.54 Å². The number of carbonyl (C=O) groups excluding carboxylic acids is 1. The van der Waals surface area contributed by atoms with Crippen molar-refractivity contribution in [2.45, 2.75) is 26.2 Å². The molecule has 3 N–H and O–H groups in total. The Labute approximate surface area is 120 Å². The topological polar surface area (TPSA) is 68.2 Å². The third-order valence-electron chi connectivity index (χ3n) is 3.94. The molecule has 0 aromatic heterocycles. The fourth-order valence-electron chi connectivity index (χ4n) is 2.73. The van der Waals surface area contributed by atoms with Crippen molar-refractivity contribution in [3.05, 3.63) is 23.5 Å². The van der Waals surface area contributed by atoms with Crippen LogP contribution in [0.1, 0.15) is 26.2 Å². The highest BCUT2D eigenvalue weighted by Crippen LogP contribution is 2.25. The third kappa shape index (κ3) is 3.48. The molecule has 2 rings (SSSR count). The first-order valence-corrected chi connectivity index (χ1v) is 7.29. The molecule has 5 heteroatoms. The Kier molecular flexibility index (Phi) is 4.95. The lowest BCUT2D eigenvalue weighted by Crippen LogP contribution is -2.44. The summed E-state index contributed by atoms with van der Waals surface area (Å²) in [6.45, 7) is 10.3. The number of ketones is 1. The van der Waals surface area contributed by atoms with Gasteiger partial charge in [0, 0.05) is 44.5 Å². The van der Waals surface area contributed by atoms with Crippen molar-refractivity contribution in [3.63, 3.8) is 0 Å². The molecule has 0 saturated carbocycles. The van der Waals surface area contributed by atoms with E-state index < -0.39 is 0 Å². The summed E-state index contributed by atoms with van der Waals surface area (Å²) in [7, 11) is 0. The predicted molar refractivity (Wildman–Crippen MR) is 80.9 cm³/mol. The van der Waals surface area contributed by atoms with Gasteiger partial charge >= 0.3 is 0 Å². The Morgan fingerprint density at radius 1 is 1.40 bits per heavy atom. The molecule has 0 bridgehead atoms. The molecule has 0 aromatic carbocycles. The number of Topliss-reactive ketones (excluding diaryl/α,β-unsaturated/α-hetero) is 1. The maximum atomic E-state index is 11.3. The van der Waals surface area contributed by atoms with Gasteiger partial charge in [-0.05, 0) is 24.8 Å². The minimum atomic E-state index is -0.151. The Balaban J connectivity index is 1.91. The molecule has 5 nitrogen and oxygen atoms in total. The van der Waals surface area contributed by atoms with Crippen molar-refractivity contribution >= 4 is 11.5 Å². The van der Waals surface area contributed by atoms with Gasteiger partial charge in [0.15, 0.2) is 5.78 Å². The second-order valence-corrected chi connectivity index (χ2v) is 5.40. The molecule has 0 unspecified atom stereocenters. The molecule has 1 aliphatic carbocycles. The van der Waals surface area contributed by atoms with Gasteiger partial charge in [-0.2, -0.15) is 0 Å². The number of piperazine rings is 1. The van der Waals surface area contributed by atoms with E-state index in [1.165, 1.54) is 6.92 Å². The van der Waals surface area contributed by atoms with Crippen LogP contribution in [0.4, 0.5) is 0 Å². The van der Waals surface area contributed by atoms with Crippen LogP contribution in [-0.4, -0.2) is 49.1 Å². The van der Waals surface area contributed by atoms with Crippen molar-refractivity contribution in [1.82, 2.24) is 15.5 Å². The van der Waals surface area contributed by atoms with E-state index in [2.05, 4.69) is 22.1 Å².